The monoisotopic (exact) mass is 567 g/mol. The maximum Gasteiger partial charge on any atom is 0.211 e. The Bertz CT molecular complexity index is 1080. The molecule has 1 unspecified atom stereocenters. The van der Waals surface area contributed by atoms with E-state index in [0.717, 1.165) is 11.8 Å². The van der Waals surface area contributed by atoms with Gasteiger partial charge >= 0.3 is 0 Å². The molecule has 7 nitrogen and oxygen atoms in total. The molecule has 3 fully saturated rings. The quantitative estimate of drug-likeness (QED) is 0.364. The molecule has 4 aliphatic carbocycles. The lowest BCUT2D eigenvalue weighted by Gasteiger charge is -2.62. The van der Waals surface area contributed by atoms with E-state index < -0.39 is 51.9 Å². The number of hydrogen-bond donors (Lipinski definition) is 3. The first-order valence-corrected chi connectivity index (χ1v) is 15.6. The molecule has 1 amide bonds. The van der Waals surface area contributed by atoms with E-state index in [0.29, 0.717) is 43.4 Å². The predicted molar refractivity (Wildman–Crippen MR) is 146 cm³/mol. The molecule has 3 N–H and O–H groups in total. The molecule has 0 aromatic heterocycles. The lowest BCUT2D eigenvalue weighted by molar-refractivity contribution is -0.218. The molecule has 9 atom stereocenters. The van der Waals surface area contributed by atoms with E-state index >= 15 is 4.39 Å². The highest BCUT2D eigenvalue weighted by molar-refractivity contribution is 8.14. The van der Waals surface area contributed by atoms with Gasteiger partial charge in [0.05, 0.1) is 17.9 Å². The number of carbonyl (C=O) groups is 4. The van der Waals surface area contributed by atoms with Crippen LogP contribution in [0.15, 0.2) is 23.8 Å². The van der Waals surface area contributed by atoms with E-state index in [9.17, 15) is 29.4 Å². The number of thioether (sulfide) groups is 2. The second kappa shape index (κ2) is 10.5. The number of hydrogen-bond acceptors (Lipinski definition) is 8. The third-order valence-corrected chi connectivity index (χ3v) is 11.8. The third-order valence-electron chi connectivity index (χ3n) is 10.2. The molecule has 3 saturated carbocycles. The largest absolute Gasteiger partial charge is 0.390 e. The second-order valence-corrected chi connectivity index (χ2v) is 13.8. The number of allylic oxidation sites excluding steroid dienone is 4. The van der Waals surface area contributed by atoms with Crippen molar-refractivity contribution >= 4 is 46.6 Å². The van der Waals surface area contributed by atoms with Gasteiger partial charge in [-0.1, -0.05) is 37.3 Å². The van der Waals surface area contributed by atoms with Crippen molar-refractivity contribution < 1.29 is 33.8 Å². The van der Waals surface area contributed by atoms with Crippen LogP contribution >= 0.6 is 23.5 Å². The lowest BCUT2D eigenvalue weighted by Crippen LogP contribution is -2.69. The molecule has 0 radical (unpaired) electrons. The number of aliphatic hydroxyl groups excluding tert-OH is 1. The molecule has 4 rings (SSSR count). The van der Waals surface area contributed by atoms with Crippen molar-refractivity contribution in [3.05, 3.63) is 23.8 Å². The number of carbonyl (C=O) groups excluding carboxylic acids is 4. The van der Waals surface area contributed by atoms with Crippen LogP contribution in [0.5, 0.6) is 0 Å². The number of nitrogens with one attached hydrogen (secondary N) is 1. The minimum absolute atomic E-state index is 0.108. The van der Waals surface area contributed by atoms with Crippen molar-refractivity contribution in [3.8, 4) is 0 Å². The summed E-state index contributed by atoms with van der Waals surface area (Å²) in [4.78, 5) is 49.4. The molecule has 210 valence electrons. The van der Waals surface area contributed by atoms with Crippen LogP contribution in [0.4, 0.5) is 4.39 Å². The van der Waals surface area contributed by atoms with Crippen LogP contribution in [0, 0.1) is 28.6 Å². The van der Waals surface area contributed by atoms with E-state index in [2.05, 4.69) is 5.32 Å². The van der Waals surface area contributed by atoms with Crippen molar-refractivity contribution in [2.45, 2.75) is 76.3 Å². The topological polar surface area (TPSA) is 121 Å². The summed E-state index contributed by atoms with van der Waals surface area (Å²) in [6.07, 6.45) is 7.01. The van der Waals surface area contributed by atoms with Crippen LogP contribution < -0.4 is 5.32 Å². The molecular weight excluding hydrogens is 529 g/mol. The Hall–Kier alpha value is -1.49. The zero-order valence-electron chi connectivity index (χ0n) is 22.4. The Morgan fingerprint density at radius 3 is 2.68 bits per heavy atom. The summed E-state index contributed by atoms with van der Waals surface area (Å²) < 4.78 is 17.3. The molecule has 0 aromatic carbocycles. The summed E-state index contributed by atoms with van der Waals surface area (Å²) in [6.45, 7) is 5.29. The molecule has 38 heavy (non-hydrogen) atoms. The summed E-state index contributed by atoms with van der Waals surface area (Å²) in [7, 11) is 0. The van der Waals surface area contributed by atoms with Crippen molar-refractivity contribution in [2.75, 3.05) is 17.8 Å². The first-order valence-electron chi connectivity index (χ1n) is 13.2. The highest BCUT2D eigenvalue weighted by Gasteiger charge is 2.75. The zero-order valence-corrected chi connectivity index (χ0v) is 24.0. The van der Waals surface area contributed by atoms with Gasteiger partial charge in [-0.3, -0.25) is 19.2 Å². The Labute approximate surface area is 231 Å². The van der Waals surface area contributed by atoms with Crippen LogP contribution in [0.1, 0.15) is 52.9 Å². The van der Waals surface area contributed by atoms with Gasteiger partial charge < -0.3 is 15.5 Å². The number of rotatable bonds is 9. The number of alkyl halides is 1. The minimum Gasteiger partial charge on any atom is -0.390 e. The third kappa shape index (κ3) is 4.16. The summed E-state index contributed by atoms with van der Waals surface area (Å²) in [5, 5.41) is 25.6. The van der Waals surface area contributed by atoms with E-state index in [1.54, 1.807) is 38.6 Å². The molecule has 10 heteroatoms. The maximum absolute atomic E-state index is 17.3. The standard InChI is InChI=1S/C28H38FNO6S2/c1-16-11-20-19-6-5-17-12-18(32)7-9-25(17,2)27(19,29)22(33)13-26(20,3)28(16,36)23(34)14-38-24(35)21(30-15-31)8-10-37-4/h7,9,12,15-16,19-22,33,36H,5-6,8,10-11,13-14H2,1-4H3,(H,30,31)/t16-,19-,20-,21?,22-,25-,26-,27-,28-/m0/s1. The van der Waals surface area contributed by atoms with Gasteiger partial charge in [0.1, 0.15) is 5.60 Å². The van der Waals surface area contributed by atoms with Crippen molar-refractivity contribution in [3.63, 3.8) is 0 Å². The molecule has 0 saturated heterocycles. The Morgan fingerprint density at radius 1 is 1.32 bits per heavy atom. The number of fused-ring (bicyclic) bond motifs is 5. The van der Waals surface area contributed by atoms with Gasteiger partial charge in [-0.2, -0.15) is 11.8 Å². The maximum atomic E-state index is 17.3. The van der Waals surface area contributed by atoms with Crippen LogP contribution in [-0.2, 0) is 19.2 Å². The summed E-state index contributed by atoms with van der Waals surface area (Å²) in [5.74, 6) is -1.77. The highest BCUT2D eigenvalue weighted by Crippen LogP contribution is 2.70. The van der Waals surface area contributed by atoms with E-state index in [-0.39, 0.29) is 29.0 Å². The molecule has 0 aliphatic heterocycles. The summed E-state index contributed by atoms with van der Waals surface area (Å²) in [5.41, 5.74) is -5.42. The summed E-state index contributed by atoms with van der Waals surface area (Å²) in [6, 6.07) is -0.721. The van der Waals surface area contributed by atoms with Crippen molar-refractivity contribution in [1.82, 2.24) is 5.32 Å². The summed E-state index contributed by atoms with van der Waals surface area (Å²) >= 11 is 2.32. The van der Waals surface area contributed by atoms with Gasteiger partial charge in [0, 0.05) is 16.7 Å². The van der Waals surface area contributed by atoms with E-state index in [1.807, 2.05) is 6.26 Å². The number of halogens is 1. The SMILES string of the molecule is CSCCC(NC=O)C(=O)SCC(=O)[C@@]1(O)[C@@H](C)C[C@H]2[C@@H]3CCC4=CC(=O)C=C[C@]4(C)[C@@]3(F)[C@@H](O)C[C@@]21C. The van der Waals surface area contributed by atoms with Gasteiger partial charge in [0.15, 0.2) is 17.2 Å². The fourth-order valence-corrected chi connectivity index (χ4v) is 9.43. The zero-order chi connectivity index (χ0) is 28.1. The minimum atomic E-state index is -2.04. The second-order valence-electron chi connectivity index (χ2n) is 11.8. The van der Waals surface area contributed by atoms with Crippen molar-refractivity contribution in [2.24, 2.45) is 28.6 Å². The van der Waals surface area contributed by atoms with Gasteiger partial charge in [0.2, 0.25) is 11.5 Å². The average molecular weight is 568 g/mol. The molecule has 0 spiro atoms. The van der Waals surface area contributed by atoms with E-state index in [1.165, 1.54) is 12.2 Å². The van der Waals surface area contributed by atoms with Crippen LogP contribution in [-0.4, -0.2) is 74.5 Å². The van der Waals surface area contributed by atoms with Crippen molar-refractivity contribution in [1.29, 1.82) is 0 Å². The molecular formula is C28H38FNO6S2. The first kappa shape index (κ1) is 29.5. The smallest absolute Gasteiger partial charge is 0.211 e. The number of ketones is 2. The molecule has 0 aromatic rings. The first-order chi connectivity index (χ1) is 17.8. The number of Topliss-reactive ketones (excluding diaryl/α,β-unsaturated/α-hetero) is 1. The predicted octanol–water partition coefficient (Wildman–Crippen LogP) is 3.03. The van der Waals surface area contributed by atoms with Gasteiger partial charge in [0.25, 0.3) is 0 Å². The van der Waals surface area contributed by atoms with Crippen LogP contribution in [0.2, 0.25) is 0 Å². The molecule has 0 bridgehead atoms. The van der Waals surface area contributed by atoms with E-state index in [4.69, 9.17) is 0 Å². The molecule has 4 aliphatic rings. The van der Waals surface area contributed by atoms with Gasteiger partial charge in [-0.15, -0.1) is 0 Å². The Morgan fingerprint density at radius 2 is 2.03 bits per heavy atom. The van der Waals surface area contributed by atoms with Gasteiger partial charge in [-0.05, 0) is 75.0 Å². The number of amides is 1. The fourth-order valence-electron chi connectivity index (χ4n) is 8.07. The average Bonchev–Trinajstić information content (AvgIpc) is 3.07. The Balaban J connectivity index is 1.59. The Kier molecular flexibility index (Phi) is 8.14. The van der Waals surface area contributed by atoms with Crippen LogP contribution in [0.3, 0.4) is 0 Å². The number of aliphatic hydroxyl groups is 2. The van der Waals surface area contributed by atoms with Gasteiger partial charge in [-0.25, -0.2) is 4.39 Å². The van der Waals surface area contributed by atoms with Crippen LogP contribution in [0.25, 0.3) is 0 Å². The highest BCUT2D eigenvalue weighted by atomic mass is 32.2. The normalized spacial score (nSPS) is 42.4. The lowest BCUT2D eigenvalue weighted by atomic mass is 9.44. The fraction of sp³-hybridized carbons (Fsp3) is 0.714. The molecule has 0 heterocycles.